The SMILES string of the molecule is CC(C)c1csc(CNC(=O)CC(C)C2CCCNC2)n1.Cl.Cl. The number of carbonyl (C=O) groups is 1. The Bertz CT molecular complexity index is 462. The topological polar surface area (TPSA) is 54.0 Å². The van der Waals surface area contributed by atoms with Crippen LogP contribution in [0.2, 0.25) is 0 Å². The van der Waals surface area contributed by atoms with Crippen LogP contribution in [0.3, 0.4) is 0 Å². The number of thiazole rings is 1. The average molecular weight is 382 g/mol. The lowest BCUT2D eigenvalue weighted by Crippen LogP contribution is -2.35. The van der Waals surface area contributed by atoms with E-state index in [2.05, 4.69) is 41.8 Å². The number of nitrogens with zero attached hydrogens (tertiary/aromatic N) is 1. The van der Waals surface area contributed by atoms with E-state index in [1.165, 1.54) is 12.8 Å². The standard InChI is InChI=1S/C16H27N3OS.2ClH/c1-11(2)14-10-21-16(19-14)9-18-15(20)7-12(3)13-5-4-6-17-8-13;;/h10-13,17H,4-9H2,1-3H3,(H,18,20);2*1H. The first-order chi connectivity index (χ1) is 10.1. The summed E-state index contributed by atoms with van der Waals surface area (Å²) in [5.41, 5.74) is 1.12. The molecule has 1 aliphatic rings. The lowest BCUT2D eigenvalue weighted by atomic mass is 9.85. The van der Waals surface area contributed by atoms with Crippen molar-refractivity contribution in [2.24, 2.45) is 11.8 Å². The normalized spacial score (nSPS) is 18.7. The van der Waals surface area contributed by atoms with Gasteiger partial charge in [-0.25, -0.2) is 4.98 Å². The summed E-state index contributed by atoms with van der Waals surface area (Å²) in [6.07, 6.45) is 3.09. The van der Waals surface area contributed by atoms with Gasteiger partial charge in [0.1, 0.15) is 5.01 Å². The molecule has 0 aliphatic carbocycles. The van der Waals surface area contributed by atoms with E-state index < -0.39 is 0 Å². The second-order valence-electron chi connectivity index (χ2n) is 6.39. The zero-order valence-electron chi connectivity index (χ0n) is 14.1. The molecule has 7 heteroatoms. The van der Waals surface area contributed by atoms with Gasteiger partial charge in [-0.05, 0) is 43.7 Å². The zero-order chi connectivity index (χ0) is 15.2. The Labute approximate surface area is 156 Å². The van der Waals surface area contributed by atoms with Crippen molar-refractivity contribution >= 4 is 42.1 Å². The average Bonchev–Trinajstić information content (AvgIpc) is 2.95. The Morgan fingerprint density at radius 3 is 2.74 bits per heavy atom. The summed E-state index contributed by atoms with van der Waals surface area (Å²) >= 11 is 1.63. The number of nitrogens with one attached hydrogen (secondary N) is 2. The van der Waals surface area contributed by atoms with Crippen molar-refractivity contribution in [1.29, 1.82) is 0 Å². The Morgan fingerprint density at radius 1 is 1.43 bits per heavy atom. The van der Waals surface area contributed by atoms with Crippen LogP contribution in [0.15, 0.2) is 5.38 Å². The Kier molecular flexibility index (Phi) is 11.1. The van der Waals surface area contributed by atoms with Gasteiger partial charge in [0.2, 0.25) is 5.91 Å². The summed E-state index contributed by atoms with van der Waals surface area (Å²) in [5, 5.41) is 9.51. The van der Waals surface area contributed by atoms with Crippen LogP contribution in [0.5, 0.6) is 0 Å². The second kappa shape index (κ2) is 11.2. The van der Waals surface area contributed by atoms with Gasteiger partial charge in [-0.3, -0.25) is 4.79 Å². The Balaban J connectivity index is 0.00000242. The molecule has 2 rings (SSSR count). The largest absolute Gasteiger partial charge is 0.350 e. The summed E-state index contributed by atoms with van der Waals surface area (Å²) in [6.45, 7) is 9.20. The van der Waals surface area contributed by atoms with Crippen LogP contribution >= 0.6 is 36.2 Å². The molecule has 1 aliphatic heterocycles. The molecule has 2 N–H and O–H groups in total. The summed E-state index contributed by atoms with van der Waals surface area (Å²) in [4.78, 5) is 16.6. The summed E-state index contributed by atoms with van der Waals surface area (Å²) in [5.74, 6) is 1.68. The third kappa shape index (κ3) is 7.38. The third-order valence-electron chi connectivity index (χ3n) is 4.24. The number of aromatic nitrogens is 1. The lowest BCUT2D eigenvalue weighted by molar-refractivity contribution is -0.122. The minimum atomic E-state index is 0. The maximum atomic E-state index is 12.1. The molecule has 1 fully saturated rings. The molecule has 0 radical (unpaired) electrons. The van der Waals surface area contributed by atoms with E-state index in [4.69, 9.17) is 0 Å². The predicted octanol–water partition coefficient (Wildman–Crippen LogP) is 3.75. The summed E-state index contributed by atoms with van der Waals surface area (Å²) in [7, 11) is 0. The molecule has 1 amide bonds. The van der Waals surface area contributed by atoms with E-state index in [1.54, 1.807) is 11.3 Å². The van der Waals surface area contributed by atoms with Crippen LogP contribution in [-0.2, 0) is 11.3 Å². The van der Waals surface area contributed by atoms with Crippen molar-refractivity contribution in [2.45, 2.75) is 52.5 Å². The molecule has 0 bridgehead atoms. The van der Waals surface area contributed by atoms with Gasteiger partial charge in [-0.1, -0.05) is 20.8 Å². The van der Waals surface area contributed by atoms with Gasteiger partial charge in [-0.2, -0.15) is 0 Å². The van der Waals surface area contributed by atoms with Gasteiger partial charge in [-0.15, -0.1) is 36.2 Å². The van der Waals surface area contributed by atoms with Crippen LogP contribution < -0.4 is 10.6 Å². The van der Waals surface area contributed by atoms with E-state index in [0.717, 1.165) is 23.8 Å². The Hall–Kier alpha value is -0.360. The molecule has 1 aromatic rings. The van der Waals surface area contributed by atoms with Crippen molar-refractivity contribution < 1.29 is 4.79 Å². The molecule has 0 spiro atoms. The first kappa shape index (κ1) is 22.6. The second-order valence-corrected chi connectivity index (χ2v) is 7.33. The molecule has 0 aromatic carbocycles. The number of rotatable bonds is 6. The van der Waals surface area contributed by atoms with Gasteiger partial charge < -0.3 is 10.6 Å². The molecule has 1 saturated heterocycles. The maximum Gasteiger partial charge on any atom is 0.220 e. The first-order valence-electron chi connectivity index (χ1n) is 7.98. The van der Waals surface area contributed by atoms with Gasteiger partial charge in [0.05, 0.1) is 12.2 Å². The van der Waals surface area contributed by atoms with Crippen LogP contribution in [-0.4, -0.2) is 24.0 Å². The zero-order valence-corrected chi connectivity index (χ0v) is 16.6. The number of carbonyl (C=O) groups excluding carboxylic acids is 1. The number of amides is 1. The van der Waals surface area contributed by atoms with Crippen molar-refractivity contribution in [2.75, 3.05) is 13.1 Å². The fourth-order valence-corrected chi connectivity index (χ4v) is 3.64. The quantitative estimate of drug-likeness (QED) is 0.788. The van der Waals surface area contributed by atoms with Gasteiger partial charge in [0.15, 0.2) is 0 Å². The van der Waals surface area contributed by atoms with E-state index >= 15 is 0 Å². The molecule has 134 valence electrons. The fourth-order valence-electron chi connectivity index (χ4n) is 2.74. The number of hydrogen-bond donors (Lipinski definition) is 2. The van der Waals surface area contributed by atoms with Crippen LogP contribution in [0.25, 0.3) is 0 Å². The molecule has 23 heavy (non-hydrogen) atoms. The first-order valence-corrected chi connectivity index (χ1v) is 8.86. The molecule has 1 aromatic heterocycles. The van der Waals surface area contributed by atoms with Crippen LogP contribution in [0.1, 0.15) is 56.7 Å². The third-order valence-corrected chi connectivity index (χ3v) is 5.11. The minimum absolute atomic E-state index is 0. The van der Waals surface area contributed by atoms with E-state index in [-0.39, 0.29) is 30.7 Å². The highest BCUT2D eigenvalue weighted by Crippen LogP contribution is 2.22. The van der Waals surface area contributed by atoms with Crippen molar-refractivity contribution in [3.63, 3.8) is 0 Å². The summed E-state index contributed by atoms with van der Waals surface area (Å²) < 4.78 is 0. The van der Waals surface area contributed by atoms with Crippen molar-refractivity contribution in [1.82, 2.24) is 15.6 Å². The smallest absolute Gasteiger partial charge is 0.220 e. The number of halogens is 2. The highest BCUT2D eigenvalue weighted by molar-refractivity contribution is 7.09. The molecule has 2 atom stereocenters. The summed E-state index contributed by atoms with van der Waals surface area (Å²) in [6, 6.07) is 0. The van der Waals surface area contributed by atoms with Gasteiger partial charge in [0.25, 0.3) is 0 Å². The molecule has 2 heterocycles. The fraction of sp³-hybridized carbons (Fsp3) is 0.750. The monoisotopic (exact) mass is 381 g/mol. The van der Waals surface area contributed by atoms with E-state index in [0.29, 0.717) is 30.7 Å². The minimum Gasteiger partial charge on any atom is -0.350 e. The predicted molar refractivity (Wildman–Crippen MR) is 102 cm³/mol. The number of hydrogen-bond acceptors (Lipinski definition) is 4. The maximum absolute atomic E-state index is 12.1. The molecule has 2 unspecified atom stereocenters. The van der Waals surface area contributed by atoms with E-state index in [9.17, 15) is 4.79 Å². The van der Waals surface area contributed by atoms with Crippen LogP contribution in [0.4, 0.5) is 0 Å². The molecular formula is C16H29Cl2N3OS. The van der Waals surface area contributed by atoms with Crippen molar-refractivity contribution in [3.8, 4) is 0 Å². The number of piperidine rings is 1. The van der Waals surface area contributed by atoms with Gasteiger partial charge in [0, 0.05) is 11.8 Å². The van der Waals surface area contributed by atoms with Crippen LogP contribution in [0, 0.1) is 11.8 Å². The molecular weight excluding hydrogens is 353 g/mol. The van der Waals surface area contributed by atoms with Gasteiger partial charge >= 0.3 is 0 Å². The van der Waals surface area contributed by atoms with E-state index in [1.807, 2.05) is 0 Å². The lowest BCUT2D eigenvalue weighted by Gasteiger charge is -2.27. The molecule has 0 saturated carbocycles. The highest BCUT2D eigenvalue weighted by atomic mass is 35.5. The van der Waals surface area contributed by atoms with Crippen molar-refractivity contribution in [3.05, 3.63) is 16.1 Å². The molecule has 4 nitrogen and oxygen atoms in total. The Morgan fingerprint density at radius 2 is 2.17 bits per heavy atom. The highest BCUT2D eigenvalue weighted by Gasteiger charge is 2.22.